The molecular formula is C13H16F2N2O. The number of rotatable bonds is 2. The van der Waals surface area contributed by atoms with Crippen LogP contribution in [0.15, 0.2) is 12.1 Å². The number of likely N-dealkylation sites (tertiary alicyclic amines) is 1. The third-order valence-electron chi connectivity index (χ3n) is 3.36. The molecule has 1 aromatic carbocycles. The summed E-state index contributed by atoms with van der Waals surface area (Å²) in [5.74, 6) is -1.79. The van der Waals surface area contributed by atoms with E-state index >= 15 is 0 Å². The van der Waals surface area contributed by atoms with Gasteiger partial charge >= 0.3 is 0 Å². The Labute approximate surface area is 105 Å². The van der Waals surface area contributed by atoms with Crippen LogP contribution in [0.3, 0.4) is 0 Å². The van der Waals surface area contributed by atoms with Crippen LogP contribution in [-0.2, 0) is 0 Å². The summed E-state index contributed by atoms with van der Waals surface area (Å²) in [6.45, 7) is 2.68. The van der Waals surface area contributed by atoms with Crippen LogP contribution in [0.2, 0.25) is 0 Å². The molecule has 1 fully saturated rings. The van der Waals surface area contributed by atoms with Crippen molar-refractivity contribution < 1.29 is 13.6 Å². The zero-order chi connectivity index (χ0) is 13.3. The monoisotopic (exact) mass is 254 g/mol. The maximum Gasteiger partial charge on any atom is 0.256 e. The maximum absolute atomic E-state index is 13.6. The first-order chi connectivity index (χ1) is 8.52. The van der Waals surface area contributed by atoms with E-state index in [2.05, 4.69) is 5.32 Å². The minimum atomic E-state index is -0.795. The van der Waals surface area contributed by atoms with Crippen LogP contribution in [0.25, 0.3) is 0 Å². The van der Waals surface area contributed by atoms with Crippen LogP contribution in [0.1, 0.15) is 22.3 Å². The summed E-state index contributed by atoms with van der Waals surface area (Å²) >= 11 is 0. The Kier molecular flexibility index (Phi) is 3.61. The number of benzene rings is 1. The van der Waals surface area contributed by atoms with Crippen LogP contribution >= 0.6 is 0 Å². The number of halogens is 2. The van der Waals surface area contributed by atoms with Crippen molar-refractivity contribution in [3.63, 3.8) is 0 Å². The number of hydrogen-bond donors (Lipinski definition) is 1. The number of nitrogens with zero attached hydrogens (tertiary/aromatic N) is 1. The van der Waals surface area contributed by atoms with Crippen LogP contribution in [-0.4, -0.2) is 37.0 Å². The van der Waals surface area contributed by atoms with Crippen LogP contribution in [0, 0.1) is 18.6 Å². The minimum Gasteiger partial charge on any atom is -0.337 e. The smallest absolute Gasteiger partial charge is 0.256 e. The first-order valence-electron chi connectivity index (χ1n) is 5.95. The lowest BCUT2D eigenvalue weighted by Crippen LogP contribution is -2.33. The van der Waals surface area contributed by atoms with Gasteiger partial charge in [0, 0.05) is 25.2 Å². The SMILES string of the molecule is CNC1CCN(C(=O)c2cc(C)c(F)cc2F)C1. The lowest BCUT2D eigenvalue weighted by Gasteiger charge is -2.17. The van der Waals surface area contributed by atoms with Gasteiger partial charge in [0.15, 0.2) is 0 Å². The van der Waals surface area contributed by atoms with Gasteiger partial charge in [0.1, 0.15) is 11.6 Å². The van der Waals surface area contributed by atoms with E-state index in [1.807, 2.05) is 7.05 Å². The lowest BCUT2D eigenvalue weighted by molar-refractivity contribution is 0.0785. The first kappa shape index (κ1) is 13.0. The molecule has 3 nitrogen and oxygen atoms in total. The fourth-order valence-corrected chi connectivity index (χ4v) is 2.17. The number of hydrogen-bond acceptors (Lipinski definition) is 2. The third kappa shape index (κ3) is 2.36. The van der Waals surface area contributed by atoms with Crippen LogP contribution in [0.5, 0.6) is 0 Å². The van der Waals surface area contributed by atoms with Crippen molar-refractivity contribution in [1.82, 2.24) is 10.2 Å². The summed E-state index contributed by atoms with van der Waals surface area (Å²) in [5.41, 5.74) is 0.231. The molecule has 5 heteroatoms. The van der Waals surface area contributed by atoms with E-state index in [1.165, 1.54) is 13.0 Å². The van der Waals surface area contributed by atoms with Gasteiger partial charge in [-0.3, -0.25) is 4.79 Å². The molecule has 1 aliphatic heterocycles. The number of nitrogens with one attached hydrogen (secondary N) is 1. The number of likely N-dealkylation sites (N-methyl/N-ethyl adjacent to an activating group) is 1. The maximum atomic E-state index is 13.6. The molecule has 1 N–H and O–H groups in total. The van der Waals surface area contributed by atoms with Crippen molar-refractivity contribution in [2.75, 3.05) is 20.1 Å². The summed E-state index contributed by atoms with van der Waals surface area (Å²) < 4.78 is 26.8. The second kappa shape index (κ2) is 5.02. The number of aryl methyl sites for hydroxylation is 1. The summed E-state index contributed by atoms with van der Waals surface area (Å²) in [6, 6.07) is 2.30. The standard InChI is InChI=1S/C13H16F2N2O/c1-8-5-10(12(15)6-11(8)14)13(18)17-4-3-9(7-17)16-2/h5-6,9,16H,3-4,7H2,1-2H3. The minimum absolute atomic E-state index is 0.0503. The van der Waals surface area contributed by atoms with E-state index in [1.54, 1.807) is 4.90 Å². The van der Waals surface area contributed by atoms with Gasteiger partial charge < -0.3 is 10.2 Å². The number of amides is 1. The van der Waals surface area contributed by atoms with Crippen molar-refractivity contribution in [2.45, 2.75) is 19.4 Å². The van der Waals surface area contributed by atoms with Gasteiger partial charge in [-0.1, -0.05) is 0 Å². The molecule has 98 valence electrons. The predicted octanol–water partition coefficient (Wildman–Crippen LogP) is 1.71. The van der Waals surface area contributed by atoms with E-state index < -0.39 is 11.6 Å². The van der Waals surface area contributed by atoms with Crippen molar-refractivity contribution in [2.24, 2.45) is 0 Å². The Morgan fingerprint density at radius 3 is 2.72 bits per heavy atom. The Hall–Kier alpha value is -1.49. The predicted molar refractivity (Wildman–Crippen MR) is 64.5 cm³/mol. The Morgan fingerprint density at radius 1 is 1.39 bits per heavy atom. The molecule has 0 radical (unpaired) electrons. The van der Waals surface area contributed by atoms with E-state index in [-0.39, 0.29) is 23.1 Å². The molecule has 18 heavy (non-hydrogen) atoms. The highest BCUT2D eigenvalue weighted by atomic mass is 19.1. The quantitative estimate of drug-likeness (QED) is 0.871. The molecule has 0 aromatic heterocycles. The van der Waals surface area contributed by atoms with Gasteiger partial charge in [0.2, 0.25) is 0 Å². The topological polar surface area (TPSA) is 32.3 Å². The molecule has 1 unspecified atom stereocenters. The molecule has 0 spiro atoms. The van der Waals surface area contributed by atoms with E-state index in [0.29, 0.717) is 13.1 Å². The second-order valence-electron chi connectivity index (χ2n) is 4.61. The Morgan fingerprint density at radius 2 is 2.11 bits per heavy atom. The summed E-state index contributed by atoms with van der Waals surface area (Å²) in [4.78, 5) is 13.7. The first-order valence-corrected chi connectivity index (χ1v) is 5.95. The van der Waals surface area contributed by atoms with Crippen molar-refractivity contribution in [3.8, 4) is 0 Å². The molecule has 2 rings (SSSR count). The summed E-state index contributed by atoms with van der Waals surface area (Å²) in [6.07, 6.45) is 0.851. The van der Waals surface area contributed by atoms with Crippen molar-refractivity contribution in [1.29, 1.82) is 0 Å². The van der Waals surface area contributed by atoms with Gasteiger partial charge in [-0.25, -0.2) is 8.78 Å². The second-order valence-corrected chi connectivity index (χ2v) is 4.61. The molecule has 1 atom stereocenters. The average Bonchev–Trinajstić information content (AvgIpc) is 2.81. The van der Waals surface area contributed by atoms with Gasteiger partial charge in [-0.15, -0.1) is 0 Å². The molecular weight excluding hydrogens is 238 g/mol. The molecule has 1 amide bonds. The molecule has 1 saturated heterocycles. The van der Waals surface area contributed by atoms with Crippen molar-refractivity contribution in [3.05, 3.63) is 34.9 Å². The lowest BCUT2D eigenvalue weighted by atomic mass is 10.1. The Bertz CT molecular complexity index is 476. The van der Waals surface area contributed by atoms with Gasteiger partial charge in [0.05, 0.1) is 5.56 Å². The average molecular weight is 254 g/mol. The molecule has 1 aliphatic rings. The largest absolute Gasteiger partial charge is 0.337 e. The zero-order valence-electron chi connectivity index (χ0n) is 10.5. The molecule has 1 aromatic rings. The van der Waals surface area contributed by atoms with Gasteiger partial charge in [-0.2, -0.15) is 0 Å². The molecule has 0 bridgehead atoms. The molecule has 1 heterocycles. The third-order valence-corrected chi connectivity index (χ3v) is 3.36. The Balaban J connectivity index is 2.22. The highest BCUT2D eigenvalue weighted by Crippen LogP contribution is 2.19. The highest BCUT2D eigenvalue weighted by Gasteiger charge is 2.27. The summed E-state index contributed by atoms with van der Waals surface area (Å²) in [5, 5.41) is 3.09. The fraction of sp³-hybridized carbons (Fsp3) is 0.462. The van der Waals surface area contributed by atoms with E-state index in [0.717, 1.165) is 12.5 Å². The normalized spacial score (nSPS) is 19.3. The summed E-state index contributed by atoms with van der Waals surface area (Å²) in [7, 11) is 1.83. The highest BCUT2D eigenvalue weighted by molar-refractivity contribution is 5.94. The van der Waals surface area contributed by atoms with Crippen LogP contribution < -0.4 is 5.32 Å². The number of carbonyl (C=O) groups excluding carboxylic acids is 1. The van der Waals surface area contributed by atoms with Gasteiger partial charge in [-0.05, 0) is 32.0 Å². The van der Waals surface area contributed by atoms with E-state index in [9.17, 15) is 13.6 Å². The van der Waals surface area contributed by atoms with Crippen molar-refractivity contribution >= 4 is 5.91 Å². The molecule has 0 aliphatic carbocycles. The molecule has 0 saturated carbocycles. The number of carbonyl (C=O) groups is 1. The van der Waals surface area contributed by atoms with Crippen LogP contribution in [0.4, 0.5) is 8.78 Å². The van der Waals surface area contributed by atoms with Gasteiger partial charge in [0.25, 0.3) is 5.91 Å². The zero-order valence-corrected chi connectivity index (χ0v) is 10.5. The van der Waals surface area contributed by atoms with E-state index in [4.69, 9.17) is 0 Å². The fourth-order valence-electron chi connectivity index (χ4n) is 2.17.